The van der Waals surface area contributed by atoms with Crippen molar-refractivity contribution < 1.29 is 0 Å². The van der Waals surface area contributed by atoms with Crippen molar-refractivity contribution in [2.75, 3.05) is 18.0 Å². The zero-order valence-corrected chi connectivity index (χ0v) is 17.6. The smallest absolute Gasteiger partial charge is 0.154 e. The summed E-state index contributed by atoms with van der Waals surface area (Å²) in [6.07, 6.45) is 11.9. The lowest BCUT2D eigenvalue weighted by molar-refractivity contribution is 0.226. The maximum absolute atomic E-state index is 6.52. The number of piperidine rings is 1. The zero-order valence-electron chi connectivity index (χ0n) is 16.1. The first-order chi connectivity index (χ1) is 13.6. The van der Waals surface area contributed by atoms with E-state index < -0.39 is 0 Å². The summed E-state index contributed by atoms with van der Waals surface area (Å²) in [7, 11) is 0. The molecule has 6 heteroatoms. The monoisotopic (exact) mass is 414 g/mol. The third-order valence-electron chi connectivity index (χ3n) is 6.72. The molecule has 0 unspecified atom stereocenters. The topological polar surface area (TPSA) is 33.4 Å². The summed E-state index contributed by atoms with van der Waals surface area (Å²) in [4.78, 5) is 11.9. The van der Waals surface area contributed by atoms with E-state index in [1.54, 1.807) is 0 Å². The molecule has 0 atom stereocenters. The molecule has 5 rings (SSSR count). The fourth-order valence-corrected chi connectivity index (χ4v) is 5.53. The molecule has 1 saturated heterocycles. The van der Waals surface area contributed by atoms with Crippen LogP contribution in [0, 0.1) is 12.3 Å². The summed E-state index contributed by atoms with van der Waals surface area (Å²) >= 11 is 12.8. The van der Waals surface area contributed by atoms with E-state index in [1.807, 2.05) is 37.6 Å². The maximum Gasteiger partial charge on any atom is 0.154 e. The van der Waals surface area contributed by atoms with Crippen LogP contribution in [0.25, 0.3) is 16.8 Å². The molecule has 2 fully saturated rings. The van der Waals surface area contributed by atoms with Crippen molar-refractivity contribution in [3.63, 3.8) is 0 Å². The van der Waals surface area contributed by atoms with Gasteiger partial charge >= 0.3 is 0 Å². The second kappa shape index (κ2) is 6.93. The van der Waals surface area contributed by atoms with Gasteiger partial charge in [0.2, 0.25) is 0 Å². The Labute approximate surface area is 175 Å². The predicted octanol–water partition coefficient (Wildman–Crippen LogP) is 6.17. The Morgan fingerprint density at radius 1 is 1.04 bits per heavy atom. The molecule has 0 amide bonds. The molecule has 2 aromatic heterocycles. The Morgan fingerprint density at radius 3 is 2.54 bits per heavy atom. The largest absolute Gasteiger partial charge is 0.355 e. The van der Waals surface area contributed by atoms with Crippen LogP contribution in [0.15, 0.2) is 30.7 Å². The van der Waals surface area contributed by atoms with Crippen LogP contribution >= 0.6 is 23.2 Å². The standard InChI is InChI=1S/C22H24Cl2N4/c1-15-20(16-5-4-6-17(23)19(16)24)28-14-25-13-18(28)21(26-15)27-11-9-22(10-12-27)7-2-3-8-22/h4-6,13-14H,2-3,7-12H2,1H3. The molecule has 0 bridgehead atoms. The average Bonchev–Trinajstić information content (AvgIpc) is 3.35. The molecule has 1 aliphatic heterocycles. The maximum atomic E-state index is 6.52. The Kier molecular flexibility index (Phi) is 4.52. The molecular weight excluding hydrogens is 391 g/mol. The summed E-state index contributed by atoms with van der Waals surface area (Å²) in [5.41, 5.74) is 4.39. The van der Waals surface area contributed by atoms with Gasteiger partial charge in [-0.3, -0.25) is 4.40 Å². The number of imidazole rings is 1. The van der Waals surface area contributed by atoms with Gasteiger partial charge in [-0.05, 0) is 44.1 Å². The van der Waals surface area contributed by atoms with Gasteiger partial charge in [-0.25, -0.2) is 9.97 Å². The van der Waals surface area contributed by atoms with Crippen LogP contribution in [0.3, 0.4) is 0 Å². The van der Waals surface area contributed by atoms with E-state index in [0.717, 1.165) is 41.4 Å². The van der Waals surface area contributed by atoms with Crippen molar-refractivity contribution in [1.82, 2.24) is 14.4 Å². The first-order valence-electron chi connectivity index (χ1n) is 10.1. The van der Waals surface area contributed by atoms with Crippen LogP contribution in [-0.2, 0) is 0 Å². The van der Waals surface area contributed by atoms with Gasteiger partial charge in [-0.15, -0.1) is 0 Å². The van der Waals surface area contributed by atoms with Crippen molar-refractivity contribution in [2.24, 2.45) is 5.41 Å². The number of hydrogen-bond donors (Lipinski definition) is 0. The predicted molar refractivity (Wildman–Crippen MR) is 116 cm³/mol. The van der Waals surface area contributed by atoms with E-state index >= 15 is 0 Å². The Bertz CT molecular complexity index is 1030. The number of hydrogen-bond acceptors (Lipinski definition) is 3. The van der Waals surface area contributed by atoms with E-state index in [0.29, 0.717) is 15.5 Å². The lowest BCUT2D eigenvalue weighted by atomic mass is 9.77. The first kappa shape index (κ1) is 18.3. The van der Waals surface area contributed by atoms with Gasteiger partial charge in [0.1, 0.15) is 5.52 Å². The van der Waals surface area contributed by atoms with Crippen LogP contribution < -0.4 is 4.90 Å². The minimum absolute atomic E-state index is 0.550. The van der Waals surface area contributed by atoms with E-state index in [4.69, 9.17) is 28.2 Å². The summed E-state index contributed by atoms with van der Waals surface area (Å²) in [5.74, 6) is 1.03. The molecule has 1 aromatic carbocycles. The van der Waals surface area contributed by atoms with Crippen LogP contribution in [0.4, 0.5) is 5.82 Å². The van der Waals surface area contributed by atoms with Gasteiger partial charge in [0.15, 0.2) is 5.82 Å². The Morgan fingerprint density at radius 2 is 1.79 bits per heavy atom. The molecule has 2 aliphatic rings. The molecule has 0 N–H and O–H groups in total. The average molecular weight is 415 g/mol. The molecule has 0 radical (unpaired) electrons. The van der Waals surface area contributed by atoms with Crippen molar-refractivity contribution >= 4 is 34.5 Å². The molecule has 28 heavy (non-hydrogen) atoms. The number of fused-ring (bicyclic) bond motifs is 1. The van der Waals surface area contributed by atoms with Crippen molar-refractivity contribution in [3.8, 4) is 11.3 Å². The van der Waals surface area contributed by atoms with Gasteiger partial charge in [0, 0.05) is 18.7 Å². The highest BCUT2D eigenvalue weighted by molar-refractivity contribution is 6.43. The molecule has 4 nitrogen and oxygen atoms in total. The zero-order chi connectivity index (χ0) is 19.3. The second-order valence-electron chi connectivity index (χ2n) is 8.31. The van der Waals surface area contributed by atoms with E-state index in [-0.39, 0.29) is 0 Å². The number of halogens is 2. The molecule has 146 valence electrons. The molecule has 1 saturated carbocycles. The number of nitrogens with zero attached hydrogens (tertiary/aromatic N) is 4. The number of aromatic nitrogens is 3. The Balaban J connectivity index is 1.56. The molecule has 1 aliphatic carbocycles. The quantitative estimate of drug-likeness (QED) is 0.502. The van der Waals surface area contributed by atoms with E-state index in [1.165, 1.54) is 38.5 Å². The van der Waals surface area contributed by atoms with Crippen LogP contribution in [0.2, 0.25) is 10.0 Å². The SMILES string of the molecule is Cc1nc(N2CCC3(CCCC3)CC2)c2cncn2c1-c1cccc(Cl)c1Cl. The molecule has 1 spiro atoms. The van der Waals surface area contributed by atoms with Crippen molar-refractivity contribution in [1.29, 1.82) is 0 Å². The summed E-state index contributed by atoms with van der Waals surface area (Å²) in [5, 5.41) is 1.10. The summed E-state index contributed by atoms with van der Waals surface area (Å²) < 4.78 is 2.11. The number of rotatable bonds is 2. The van der Waals surface area contributed by atoms with Gasteiger partial charge in [-0.1, -0.05) is 48.2 Å². The van der Waals surface area contributed by atoms with Gasteiger partial charge in [0.05, 0.1) is 34.0 Å². The van der Waals surface area contributed by atoms with Gasteiger partial charge in [0.25, 0.3) is 0 Å². The lowest BCUT2D eigenvalue weighted by Crippen LogP contribution is -2.39. The third kappa shape index (κ3) is 2.89. The summed E-state index contributed by atoms with van der Waals surface area (Å²) in [6, 6.07) is 5.72. The number of aryl methyl sites for hydroxylation is 1. The number of anilines is 1. The van der Waals surface area contributed by atoms with E-state index in [2.05, 4.69) is 14.3 Å². The van der Waals surface area contributed by atoms with Crippen molar-refractivity contribution in [2.45, 2.75) is 45.4 Å². The van der Waals surface area contributed by atoms with Crippen molar-refractivity contribution in [3.05, 3.63) is 46.5 Å². The highest BCUT2D eigenvalue weighted by atomic mass is 35.5. The first-order valence-corrected chi connectivity index (χ1v) is 10.9. The molecule has 3 aromatic rings. The number of benzene rings is 1. The minimum Gasteiger partial charge on any atom is -0.355 e. The third-order valence-corrected chi connectivity index (χ3v) is 7.54. The summed E-state index contributed by atoms with van der Waals surface area (Å²) in [6.45, 7) is 4.19. The van der Waals surface area contributed by atoms with Crippen LogP contribution in [0.5, 0.6) is 0 Å². The molecule has 3 heterocycles. The van der Waals surface area contributed by atoms with E-state index in [9.17, 15) is 0 Å². The second-order valence-corrected chi connectivity index (χ2v) is 9.10. The van der Waals surface area contributed by atoms with Crippen LogP contribution in [-0.4, -0.2) is 27.5 Å². The minimum atomic E-state index is 0.550. The lowest BCUT2D eigenvalue weighted by Gasteiger charge is -2.40. The normalized spacial score (nSPS) is 19.0. The van der Waals surface area contributed by atoms with Gasteiger partial charge in [-0.2, -0.15) is 0 Å². The molecular formula is C22H24Cl2N4. The van der Waals surface area contributed by atoms with Crippen LogP contribution in [0.1, 0.15) is 44.2 Å². The highest BCUT2D eigenvalue weighted by Gasteiger charge is 2.37. The fourth-order valence-electron chi connectivity index (χ4n) is 5.14. The van der Waals surface area contributed by atoms with Gasteiger partial charge < -0.3 is 4.90 Å². The highest BCUT2D eigenvalue weighted by Crippen LogP contribution is 2.47. The Hall–Kier alpha value is -1.78. The fraction of sp³-hybridized carbons (Fsp3) is 0.455.